The topological polar surface area (TPSA) is 57.3 Å². The maximum atomic E-state index is 12.3. The summed E-state index contributed by atoms with van der Waals surface area (Å²) >= 11 is 0. The fraction of sp³-hybridized carbons (Fsp3) is 0.429. The number of carbonyl (C=O) groups is 1. The molecule has 1 aliphatic rings. The number of anilines is 2. The van der Waals surface area contributed by atoms with E-state index in [1.807, 2.05) is 18.2 Å². The highest BCUT2D eigenvalue weighted by atomic mass is 16.1. The Labute approximate surface area is 155 Å². The lowest BCUT2D eigenvalue weighted by Gasteiger charge is -2.17. The molecular weight excluding hydrogens is 324 g/mol. The molecule has 1 amide bonds. The predicted octanol–water partition coefficient (Wildman–Crippen LogP) is 3.38. The van der Waals surface area contributed by atoms with Crippen molar-refractivity contribution in [3.63, 3.8) is 0 Å². The van der Waals surface area contributed by atoms with Crippen molar-refractivity contribution in [1.82, 2.24) is 9.88 Å². The molecule has 2 N–H and O–H groups in total. The molecule has 5 heteroatoms. The van der Waals surface area contributed by atoms with Crippen molar-refractivity contribution in [3.05, 3.63) is 52.7 Å². The van der Waals surface area contributed by atoms with Gasteiger partial charge in [-0.05, 0) is 75.2 Å². The number of amides is 1. The van der Waals surface area contributed by atoms with Gasteiger partial charge in [0, 0.05) is 30.9 Å². The number of nitrogens with zero attached hydrogens (tertiary/aromatic N) is 2. The van der Waals surface area contributed by atoms with Crippen LogP contribution in [0.15, 0.2) is 30.3 Å². The van der Waals surface area contributed by atoms with E-state index in [2.05, 4.69) is 53.7 Å². The minimum Gasteiger partial charge on any atom is -0.370 e. The Kier molecular flexibility index (Phi) is 5.89. The smallest absolute Gasteiger partial charge is 0.224 e. The van der Waals surface area contributed by atoms with Crippen molar-refractivity contribution in [2.24, 2.45) is 0 Å². The number of hydrogen-bond donors (Lipinski definition) is 2. The number of hydrogen-bond acceptors (Lipinski definition) is 4. The van der Waals surface area contributed by atoms with Gasteiger partial charge in [-0.3, -0.25) is 4.79 Å². The van der Waals surface area contributed by atoms with Crippen LogP contribution in [-0.2, 0) is 24.2 Å². The molecule has 5 nitrogen and oxygen atoms in total. The van der Waals surface area contributed by atoms with Crippen LogP contribution in [0, 0.1) is 6.92 Å². The molecule has 2 aromatic rings. The maximum absolute atomic E-state index is 12.3. The molecule has 138 valence electrons. The standard InChI is InChI=1S/C21H28N4O/c1-15-13-19(9-7-17(15)14-25(2)3)23-20(26)11-10-18-8-6-16-5-4-12-22-21(16)24-18/h6-9,13H,4-5,10-12,14H2,1-3H3,(H,22,24)(H,23,26). The summed E-state index contributed by atoms with van der Waals surface area (Å²) in [5, 5.41) is 6.34. The van der Waals surface area contributed by atoms with E-state index in [1.54, 1.807) is 0 Å². The molecule has 0 bridgehead atoms. The summed E-state index contributed by atoms with van der Waals surface area (Å²) in [5.41, 5.74) is 5.57. The van der Waals surface area contributed by atoms with Crippen LogP contribution in [0.1, 0.15) is 35.2 Å². The monoisotopic (exact) mass is 352 g/mol. The van der Waals surface area contributed by atoms with Crippen LogP contribution in [0.4, 0.5) is 11.5 Å². The Morgan fingerprint density at radius 2 is 2.12 bits per heavy atom. The summed E-state index contributed by atoms with van der Waals surface area (Å²) in [6, 6.07) is 10.3. The van der Waals surface area contributed by atoms with E-state index < -0.39 is 0 Å². The fourth-order valence-electron chi connectivity index (χ4n) is 3.26. The van der Waals surface area contributed by atoms with E-state index in [9.17, 15) is 4.79 Å². The molecule has 0 spiro atoms. The number of rotatable bonds is 6. The fourth-order valence-corrected chi connectivity index (χ4v) is 3.26. The van der Waals surface area contributed by atoms with Gasteiger partial charge < -0.3 is 15.5 Å². The molecule has 0 saturated carbocycles. The third-order valence-electron chi connectivity index (χ3n) is 4.67. The van der Waals surface area contributed by atoms with Gasteiger partial charge in [0.2, 0.25) is 5.91 Å². The minimum atomic E-state index is 0.0252. The summed E-state index contributed by atoms with van der Waals surface area (Å²) in [4.78, 5) is 19.1. The van der Waals surface area contributed by atoms with Gasteiger partial charge in [0.1, 0.15) is 5.82 Å². The van der Waals surface area contributed by atoms with Crippen molar-refractivity contribution in [1.29, 1.82) is 0 Å². The largest absolute Gasteiger partial charge is 0.370 e. The normalized spacial score (nSPS) is 13.2. The van der Waals surface area contributed by atoms with E-state index >= 15 is 0 Å². The van der Waals surface area contributed by atoms with Gasteiger partial charge >= 0.3 is 0 Å². The van der Waals surface area contributed by atoms with Gasteiger partial charge in [-0.15, -0.1) is 0 Å². The average Bonchev–Trinajstić information content (AvgIpc) is 2.62. The molecule has 0 unspecified atom stereocenters. The third kappa shape index (κ3) is 4.82. The predicted molar refractivity (Wildman–Crippen MR) is 107 cm³/mol. The Hall–Kier alpha value is -2.40. The molecule has 1 aromatic heterocycles. The second-order valence-electron chi connectivity index (χ2n) is 7.27. The van der Waals surface area contributed by atoms with Crippen molar-refractivity contribution in [2.45, 2.75) is 39.2 Å². The van der Waals surface area contributed by atoms with Gasteiger partial charge in [0.05, 0.1) is 0 Å². The van der Waals surface area contributed by atoms with E-state index in [4.69, 9.17) is 0 Å². The second kappa shape index (κ2) is 8.32. The maximum Gasteiger partial charge on any atom is 0.224 e. The Bertz CT molecular complexity index is 786. The van der Waals surface area contributed by atoms with Gasteiger partial charge in [-0.25, -0.2) is 4.98 Å². The Morgan fingerprint density at radius 1 is 1.27 bits per heavy atom. The second-order valence-corrected chi connectivity index (χ2v) is 7.27. The van der Waals surface area contributed by atoms with E-state index in [0.717, 1.165) is 43.1 Å². The minimum absolute atomic E-state index is 0.0252. The number of carbonyl (C=O) groups excluding carboxylic acids is 1. The zero-order valence-electron chi connectivity index (χ0n) is 15.9. The van der Waals surface area contributed by atoms with Crippen molar-refractivity contribution >= 4 is 17.4 Å². The lowest BCUT2D eigenvalue weighted by molar-refractivity contribution is -0.116. The highest BCUT2D eigenvalue weighted by Gasteiger charge is 2.11. The molecule has 0 atom stereocenters. The van der Waals surface area contributed by atoms with Gasteiger partial charge in [0.25, 0.3) is 0 Å². The summed E-state index contributed by atoms with van der Waals surface area (Å²) < 4.78 is 0. The van der Waals surface area contributed by atoms with Crippen LogP contribution in [0.2, 0.25) is 0 Å². The summed E-state index contributed by atoms with van der Waals surface area (Å²) in [6.07, 6.45) is 3.32. The van der Waals surface area contributed by atoms with Crippen LogP contribution in [0.3, 0.4) is 0 Å². The lowest BCUT2D eigenvalue weighted by Crippen LogP contribution is -2.16. The summed E-state index contributed by atoms with van der Waals surface area (Å²) in [6.45, 7) is 3.96. The number of pyridine rings is 1. The first kappa shape index (κ1) is 18.4. The molecule has 26 heavy (non-hydrogen) atoms. The number of nitrogens with one attached hydrogen (secondary N) is 2. The van der Waals surface area contributed by atoms with Gasteiger partial charge in [-0.1, -0.05) is 12.1 Å². The zero-order valence-corrected chi connectivity index (χ0v) is 15.9. The highest BCUT2D eigenvalue weighted by Crippen LogP contribution is 2.20. The molecule has 0 fully saturated rings. The number of benzene rings is 1. The van der Waals surface area contributed by atoms with E-state index in [1.165, 1.54) is 16.7 Å². The van der Waals surface area contributed by atoms with E-state index in [-0.39, 0.29) is 5.91 Å². The molecule has 0 saturated heterocycles. The van der Waals surface area contributed by atoms with E-state index in [0.29, 0.717) is 12.8 Å². The molecule has 0 aliphatic carbocycles. The SMILES string of the molecule is Cc1cc(NC(=O)CCc2ccc3c(n2)NCCC3)ccc1CN(C)C. The quantitative estimate of drug-likeness (QED) is 0.837. The van der Waals surface area contributed by atoms with Crippen LogP contribution >= 0.6 is 0 Å². The van der Waals surface area contributed by atoms with Crippen LogP contribution in [0.5, 0.6) is 0 Å². The first-order chi connectivity index (χ1) is 12.5. The van der Waals surface area contributed by atoms with Crippen molar-refractivity contribution < 1.29 is 4.79 Å². The zero-order chi connectivity index (χ0) is 18.5. The van der Waals surface area contributed by atoms with Crippen molar-refractivity contribution in [2.75, 3.05) is 31.3 Å². The first-order valence-corrected chi connectivity index (χ1v) is 9.28. The average molecular weight is 352 g/mol. The van der Waals surface area contributed by atoms with Gasteiger partial charge in [-0.2, -0.15) is 0 Å². The highest BCUT2D eigenvalue weighted by molar-refractivity contribution is 5.90. The number of fused-ring (bicyclic) bond motifs is 1. The molecular formula is C21H28N4O. The van der Waals surface area contributed by atoms with Crippen LogP contribution in [-0.4, -0.2) is 36.4 Å². The summed E-state index contributed by atoms with van der Waals surface area (Å²) in [7, 11) is 4.11. The lowest BCUT2D eigenvalue weighted by atomic mass is 10.1. The number of aryl methyl sites for hydroxylation is 3. The molecule has 3 rings (SSSR count). The Balaban J connectivity index is 1.55. The summed E-state index contributed by atoms with van der Waals surface area (Å²) in [5.74, 6) is 1.01. The molecule has 0 radical (unpaired) electrons. The van der Waals surface area contributed by atoms with Crippen molar-refractivity contribution in [3.8, 4) is 0 Å². The first-order valence-electron chi connectivity index (χ1n) is 9.28. The molecule has 2 heterocycles. The molecule has 1 aromatic carbocycles. The third-order valence-corrected chi connectivity index (χ3v) is 4.67. The Morgan fingerprint density at radius 3 is 2.88 bits per heavy atom. The van der Waals surface area contributed by atoms with Gasteiger partial charge in [0.15, 0.2) is 0 Å². The van der Waals surface area contributed by atoms with Crippen LogP contribution in [0.25, 0.3) is 0 Å². The van der Waals surface area contributed by atoms with Crippen LogP contribution < -0.4 is 10.6 Å². The number of aromatic nitrogens is 1. The molecule has 1 aliphatic heterocycles.